The molecule has 140 valence electrons. The van der Waals surface area contributed by atoms with E-state index in [1.54, 1.807) is 0 Å². The van der Waals surface area contributed by atoms with Crippen LogP contribution in [0.4, 0.5) is 0 Å². The second-order valence-electron chi connectivity index (χ2n) is 7.22. The largest absolute Gasteiger partial charge is 0.464 e. The van der Waals surface area contributed by atoms with Crippen molar-refractivity contribution >= 4 is 37.6 Å². The minimum Gasteiger partial charge on any atom is -0.464 e. The van der Waals surface area contributed by atoms with Crippen molar-refractivity contribution in [2.24, 2.45) is 5.10 Å². The molecule has 0 radical (unpaired) electrons. The lowest BCUT2D eigenvalue weighted by Crippen LogP contribution is -2.33. The normalized spacial score (nSPS) is 20.2. The van der Waals surface area contributed by atoms with Gasteiger partial charge in [-0.1, -0.05) is 73.8 Å². The lowest BCUT2D eigenvalue weighted by atomic mass is 9.95. The van der Waals surface area contributed by atoms with E-state index in [-0.39, 0.29) is 12.3 Å². The number of halogens is 2. The molecule has 2 atom stereocenters. The summed E-state index contributed by atoms with van der Waals surface area (Å²) in [6, 6.07) is 23.2. The molecule has 0 fully saturated rings. The van der Waals surface area contributed by atoms with Crippen LogP contribution < -0.4 is 4.74 Å². The Bertz CT molecular complexity index is 1080. The lowest BCUT2D eigenvalue weighted by Gasteiger charge is -2.38. The molecule has 0 bridgehead atoms. The van der Waals surface area contributed by atoms with Crippen LogP contribution in [0.15, 0.2) is 80.8 Å². The van der Waals surface area contributed by atoms with Crippen molar-refractivity contribution in [3.63, 3.8) is 0 Å². The van der Waals surface area contributed by atoms with E-state index >= 15 is 0 Å². The molecular formula is C23H18Br2N2O. The minimum atomic E-state index is -0.251. The molecule has 0 unspecified atom stereocenters. The van der Waals surface area contributed by atoms with Crippen molar-refractivity contribution in [2.45, 2.75) is 25.6 Å². The summed E-state index contributed by atoms with van der Waals surface area (Å²) in [6.07, 6.45) is 0.611. The lowest BCUT2D eigenvalue weighted by molar-refractivity contribution is -0.0191. The summed E-state index contributed by atoms with van der Waals surface area (Å²) in [4.78, 5) is 0. The molecule has 2 aliphatic rings. The van der Waals surface area contributed by atoms with Gasteiger partial charge in [0.15, 0.2) is 0 Å². The summed E-state index contributed by atoms with van der Waals surface area (Å²) in [6.45, 7) is 2.11. The second-order valence-corrected chi connectivity index (χ2v) is 9.05. The van der Waals surface area contributed by atoms with Gasteiger partial charge >= 0.3 is 0 Å². The van der Waals surface area contributed by atoms with Crippen LogP contribution in [0.25, 0.3) is 0 Å². The number of rotatable bonds is 2. The molecule has 5 heteroatoms. The van der Waals surface area contributed by atoms with Gasteiger partial charge in [0.05, 0.1) is 11.8 Å². The van der Waals surface area contributed by atoms with Gasteiger partial charge in [-0.2, -0.15) is 5.10 Å². The first-order chi connectivity index (χ1) is 13.6. The summed E-state index contributed by atoms with van der Waals surface area (Å²) in [5, 5.41) is 7.14. The number of ether oxygens (including phenoxy) is 1. The third-order valence-corrected chi connectivity index (χ3v) is 6.26. The molecule has 5 rings (SSSR count). The number of benzene rings is 3. The summed E-state index contributed by atoms with van der Waals surface area (Å²) in [5.74, 6) is 0.926. The quantitative estimate of drug-likeness (QED) is 0.390. The first-order valence-electron chi connectivity index (χ1n) is 9.23. The number of nitrogens with zero attached hydrogens (tertiary/aromatic N) is 2. The zero-order valence-electron chi connectivity index (χ0n) is 15.3. The highest BCUT2D eigenvalue weighted by atomic mass is 79.9. The third-order valence-electron chi connectivity index (χ3n) is 5.27. The van der Waals surface area contributed by atoms with E-state index in [1.165, 1.54) is 16.7 Å². The Morgan fingerprint density at radius 3 is 2.54 bits per heavy atom. The maximum Gasteiger partial charge on any atom is 0.213 e. The van der Waals surface area contributed by atoms with E-state index in [9.17, 15) is 0 Å². The zero-order valence-corrected chi connectivity index (χ0v) is 18.4. The molecule has 0 saturated heterocycles. The van der Waals surface area contributed by atoms with Gasteiger partial charge in [-0.05, 0) is 42.8 Å². The van der Waals surface area contributed by atoms with Gasteiger partial charge in [-0.15, -0.1) is 0 Å². The number of hydrazone groups is 1. The molecule has 0 aliphatic carbocycles. The first kappa shape index (κ1) is 18.0. The predicted molar refractivity (Wildman–Crippen MR) is 119 cm³/mol. The Hall–Kier alpha value is -2.11. The Morgan fingerprint density at radius 1 is 0.964 bits per heavy atom. The standard InChI is InChI=1S/C23H18Br2N2O/c1-14-5-7-15(8-6-14)20-13-21-19-12-18(25)9-10-22(19)28-23(27(21)26-20)16-3-2-4-17(24)11-16/h2-12,21,23H,13H2,1H3/t21-,23-/m1/s1. The van der Waals surface area contributed by atoms with Crippen molar-refractivity contribution in [2.75, 3.05) is 0 Å². The van der Waals surface area contributed by atoms with E-state index in [0.29, 0.717) is 0 Å². The molecule has 3 nitrogen and oxygen atoms in total. The molecule has 0 saturated carbocycles. The topological polar surface area (TPSA) is 24.8 Å². The summed E-state index contributed by atoms with van der Waals surface area (Å²) in [5.41, 5.74) is 5.78. The van der Waals surface area contributed by atoms with E-state index in [0.717, 1.165) is 32.4 Å². The highest BCUT2D eigenvalue weighted by molar-refractivity contribution is 9.10. The van der Waals surface area contributed by atoms with Crippen LogP contribution in [-0.4, -0.2) is 10.7 Å². The molecule has 0 amide bonds. The number of hydrogen-bond donors (Lipinski definition) is 0. The van der Waals surface area contributed by atoms with Crippen LogP contribution in [0.1, 0.15) is 40.9 Å². The smallest absolute Gasteiger partial charge is 0.213 e. The highest BCUT2D eigenvalue weighted by Crippen LogP contribution is 2.48. The average Bonchev–Trinajstić information content (AvgIpc) is 3.14. The minimum absolute atomic E-state index is 0.154. The fourth-order valence-electron chi connectivity index (χ4n) is 3.86. The van der Waals surface area contributed by atoms with E-state index in [1.807, 2.05) is 24.3 Å². The van der Waals surface area contributed by atoms with Gasteiger partial charge in [-0.3, -0.25) is 0 Å². The first-order valence-corrected chi connectivity index (χ1v) is 10.8. The van der Waals surface area contributed by atoms with Gasteiger partial charge in [0.2, 0.25) is 6.23 Å². The number of aryl methyl sites for hydroxylation is 1. The molecular weight excluding hydrogens is 480 g/mol. The monoisotopic (exact) mass is 496 g/mol. The molecule has 0 spiro atoms. The Kier molecular flexibility index (Phi) is 4.52. The Balaban J connectivity index is 1.61. The molecule has 2 aliphatic heterocycles. The van der Waals surface area contributed by atoms with E-state index in [2.05, 4.69) is 86.3 Å². The maximum absolute atomic E-state index is 6.42. The van der Waals surface area contributed by atoms with Crippen LogP contribution in [0.2, 0.25) is 0 Å². The molecule has 3 aromatic carbocycles. The predicted octanol–water partition coefficient (Wildman–Crippen LogP) is 6.76. The summed E-state index contributed by atoms with van der Waals surface area (Å²) in [7, 11) is 0. The Labute approximate surface area is 181 Å². The summed E-state index contributed by atoms with van der Waals surface area (Å²) >= 11 is 7.19. The third kappa shape index (κ3) is 3.16. The number of fused-ring (bicyclic) bond motifs is 3. The zero-order chi connectivity index (χ0) is 19.3. The molecule has 0 aromatic heterocycles. The fourth-order valence-corrected chi connectivity index (χ4v) is 4.65. The van der Waals surface area contributed by atoms with Crippen molar-refractivity contribution < 1.29 is 4.74 Å². The van der Waals surface area contributed by atoms with Gasteiger partial charge in [0, 0.05) is 26.5 Å². The van der Waals surface area contributed by atoms with Crippen molar-refractivity contribution in [3.8, 4) is 5.75 Å². The van der Waals surface area contributed by atoms with Crippen molar-refractivity contribution in [1.29, 1.82) is 0 Å². The molecule has 28 heavy (non-hydrogen) atoms. The highest BCUT2D eigenvalue weighted by Gasteiger charge is 2.41. The van der Waals surface area contributed by atoms with Crippen LogP contribution >= 0.6 is 31.9 Å². The van der Waals surface area contributed by atoms with Crippen molar-refractivity contribution in [3.05, 3.63) is 97.9 Å². The average molecular weight is 498 g/mol. The van der Waals surface area contributed by atoms with Gasteiger partial charge in [0.1, 0.15) is 5.75 Å². The van der Waals surface area contributed by atoms with Crippen LogP contribution in [0, 0.1) is 6.92 Å². The molecule has 3 aromatic rings. The van der Waals surface area contributed by atoms with Gasteiger partial charge < -0.3 is 4.74 Å². The molecule has 0 N–H and O–H groups in total. The van der Waals surface area contributed by atoms with Crippen LogP contribution in [0.3, 0.4) is 0 Å². The maximum atomic E-state index is 6.42. The van der Waals surface area contributed by atoms with E-state index < -0.39 is 0 Å². The van der Waals surface area contributed by atoms with Crippen molar-refractivity contribution in [1.82, 2.24) is 5.01 Å². The SMILES string of the molecule is Cc1ccc(C2=NN3[C@H](C2)c2cc(Br)ccc2O[C@@H]3c2cccc(Br)c2)cc1. The molecule has 2 heterocycles. The van der Waals surface area contributed by atoms with Crippen LogP contribution in [-0.2, 0) is 0 Å². The fraction of sp³-hybridized carbons (Fsp3) is 0.174. The number of hydrogen-bond acceptors (Lipinski definition) is 3. The van der Waals surface area contributed by atoms with Gasteiger partial charge in [-0.25, -0.2) is 5.01 Å². The summed E-state index contributed by atoms with van der Waals surface area (Å²) < 4.78 is 8.51. The van der Waals surface area contributed by atoms with Crippen LogP contribution in [0.5, 0.6) is 5.75 Å². The van der Waals surface area contributed by atoms with E-state index in [4.69, 9.17) is 9.84 Å². The second kappa shape index (κ2) is 7.05. The van der Waals surface area contributed by atoms with Gasteiger partial charge in [0.25, 0.3) is 0 Å². The Morgan fingerprint density at radius 2 is 1.75 bits per heavy atom.